The molecule has 24 heavy (non-hydrogen) atoms. The minimum atomic E-state index is -0.394. The van der Waals surface area contributed by atoms with E-state index in [-0.39, 0.29) is 11.8 Å². The number of fused-ring (bicyclic) bond motifs is 1. The summed E-state index contributed by atoms with van der Waals surface area (Å²) < 4.78 is 2.21. The summed E-state index contributed by atoms with van der Waals surface area (Å²) >= 11 is 0. The molecule has 0 radical (unpaired) electrons. The molecular weight excluding hydrogens is 308 g/mol. The smallest absolute Gasteiger partial charge is 0.242 e. The number of amides is 2. The van der Waals surface area contributed by atoms with Gasteiger partial charge in [-0.15, -0.1) is 10.2 Å². The Labute approximate surface area is 141 Å². The standard InChI is InChI=1S/C16H24N6O2/c23-14(18-12-3-1-2-6-17-16(12)24)10-21-7-8-22-13(9-21)19-20-15(22)11-4-5-11/h11-12H,1-10H2,(H,17,24)(H,18,23). The van der Waals surface area contributed by atoms with Crippen molar-refractivity contribution in [1.29, 1.82) is 0 Å². The Morgan fingerprint density at radius 1 is 1.21 bits per heavy atom. The van der Waals surface area contributed by atoms with E-state index in [2.05, 4.69) is 30.3 Å². The number of hydrogen-bond acceptors (Lipinski definition) is 5. The van der Waals surface area contributed by atoms with Crippen LogP contribution in [-0.4, -0.2) is 57.2 Å². The molecule has 0 bridgehead atoms. The topological polar surface area (TPSA) is 92.2 Å². The van der Waals surface area contributed by atoms with Gasteiger partial charge in [-0.3, -0.25) is 14.5 Å². The van der Waals surface area contributed by atoms with Gasteiger partial charge < -0.3 is 15.2 Å². The second-order valence-electron chi connectivity index (χ2n) is 7.02. The van der Waals surface area contributed by atoms with Crippen molar-refractivity contribution in [2.24, 2.45) is 0 Å². The molecule has 2 N–H and O–H groups in total. The molecule has 1 saturated carbocycles. The van der Waals surface area contributed by atoms with Crippen LogP contribution in [0, 0.1) is 0 Å². The van der Waals surface area contributed by atoms with Crippen molar-refractivity contribution in [2.45, 2.75) is 57.2 Å². The van der Waals surface area contributed by atoms with Gasteiger partial charge in [0.25, 0.3) is 0 Å². The Hall–Kier alpha value is -1.96. The summed E-state index contributed by atoms with van der Waals surface area (Å²) in [5.74, 6) is 2.50. The third-order valence-electron chi connectivity index (χ3n) is 5.04. The van der Waals surface area contributed by atoms with Gasteiger partial charge in [-0.1, -0.05) is 0 Å². The van der Waals surface area contributed by atoms with Crippen LogP contribution in [0.1, 0.15) is 49.7 Å². The Kier molecular flexibility index (Phi) is 4.22. The zero-order chi connectivity index (χ0) is 16.5. The molecule has 0 aromatic carbocycles. The van der Waals surface area contributed by atoms with Crippen LogP contribution in [0.2, 0.25) is 0 Å². The van der Waals surface area contributed by atoms with Gasteiger partial charge in [0.05, 0.1) is 13.1 Å². The molecule has 2 aliphatic heterocycles. The number of hydrogen-bond donors (Lipinski definition) is 2. The first kappa shape index (κ1) is 15.6. The number of carbonyl (C=O) groups excluding carboxylic acids is 2. The van der Waals surface area contributed by atoms with Gasteiger partial charge in [0.2, 0.25) is 11.8 Å². The normalized spacial score (nSPS) is 24.8. The van der Waals surface area contributed by atoms with Gasteiger partial charge in [0, 0.05) is 25.6 Å². The van der Waals surface area contributed by atoms with E-state index in [1.807, 2.05) is 0 Å². The van der Waals surface area contributed by atoms with Gasteiger partial charge in [0.1, 0.15) is 17.7 Å². The first-order valence-electron chi connectivity index (χ1n) is 8.92. The maximum absolute atomic E-state index is 12.3. The first-order chi connectivity index (χ1) is 11.7. The predicted molar refractivity (Wildman–Crippen MR) is 86.1 cm³/mol. The summed E-state index contributed by atoms with van der Waals surface area (Å²) in [6.45, 7) is 3.30. The van der Waals surface area contributed by atoms with Gasteiger partial charge in [-0.05, 0) is 32.1 Å². The third kappa shape index (κ3) is 3.28. The highest BCUT2D eigenvalue weighted by Gasteiger charge is 2.32. The Bertz CT molecular complexity index is 639. The van der Waals surface area contributed by atoms with E-state index in [0.29, 0.717) is 25.6 Å². The van der Waals surface area contributed by atoms with Crippen LogP contribution in [0.15, 0.2) is 0 Å². The van der Waals surface area contributed by atoms with Crippen molar-refractivity contribution in [3.63, 3.8) is 0 Å². The SMILES string of the molecule is O=C(CN1CCn2c(nnc2C2CC2)C1)NC1CCCCNC1=O. The average Bonchev–Trinajstić information content (AvgIpc) is 3.35. The fourth-order valence-electron chi connectivity index (χ4n) is 3.53. The van der Waals surface area contributed by atoms with Crippen molar-refractivity contribution >= 4 is 11.8 Å². The lowest BCUT2D eigenvalue weighted by Crippen LogP contribution is -2.49. The molecule has 1 unspecified atom stereocenters. The third-order valence-corrected chi connectivity index (χ3v) is 5.04. The van der Waals surface area contributed by atoms with E-state index in [0.717, 1.165) is 44.0 Å². The molecule has 1 aromatic heterocycles. The van der Waals surface area contributed by atoms with E-state index >= 15 is 0 Å². The van der Waals surface area contributed by atoms with Crippen LogP contribution in [0.25, 0.3) is 0 Å². The van der Waals surface area contributed by atoms with E-state index in [9.17, 15) is 9.59 Å². The van der Waals surface area contributed by atoms with Gasteiger partial charge in [-0.2, -0.15) is 0 Å². The summed E-state index contributed by atoms with van der Waals surface area (Å²) in [6.07, 6.45) is 5.09. The Morgan fingerprint density at radius 2 is 2.08 bits per heavy atom. The lowest BCUT2D eigenvalue weighted by Gasteiger charge is -2.27. The molecule has 3 aliphatic rings. The highest BCUT2D eigenvalue weighted by Crippen LogP contribution is 2.39. The summed E-state index contributed by atoms with van der Waals surface area (Å²) in [5.41, 5.74) is 0. The number of nitrogens with one attached hydrogen (secondary N) is 2. The van der Waals surface area contributed by atoms with Crippen LogP contribution in [0.4, 0.5) is 0 Å². The van der Waals surface area contributed by atoms with Crippen molar-refractivity contribution in [1.82, 2.24) is 30.3 Å². The van der Waals surface area contributed by atoms with Crippen LogP contribution >= 0.6 is 0 Å². The van der Waals surface area contributed by atoms with Crippen LogP contribution < -0.4 is 10.6 Å². The number of aromatic nitrogens is 3. The summed E-state index contributed by atoms with van der Waals surface area (Å²) in [5, 5.41) is 14.3. The molecular formula is C16H24N6O2. The number of rotatable bonds is 4. The molecule has 1 saturated heterocycles. The number of carbonyl (C=O) groups is 2. The fraction of sp³-hybridized carbons (Fsp3) is 0.750. The highest BCUT2D eigenvalue weighted by molar-refractivity contribution is 5.88. The van der Waals surface area contributed by atoms with Gasteiger partial charge in [-0.25, -0.2) is 0 Å². The van der Waals surface area contributed by atoms with E-state index in [1.54, 1.807) is 0 Å². The monoisotopic (exact) mass is 332 g/mol. The lowest BCUT2D eigenvalue weighted by molar-refractivity contribution is -0.129. The molecule has 8 nitrogen and oxygen atoms in total. The molecule has 1 aromatic rings. The lowest BCUT2D eigenvalue weighted by atomic mass is 10.1. The summed E-state index contributed by atoms with van der Waals surface area (Å²) in [4.78, 5) is 26.3. The molecule has 3 heterocycles. The number of nitrogens with zero attached hydrogens (tertiary/aromatic N) is 4. The second-order valence-corrected chi connectivity index (χ2v) is 7.02. The molecule has 130 valence electrons. The van der Waals surface area contributed by atoms with Crippen molar-refractivity contribution in [3.8, 4) is 0 Å². The molecule has 8 heteroatoms. The van der Waals surface area contributed by atoms with Crippen molar-refractivity contribution in [3.05, 3.63) is 11.6 Å². The Balaban J connectivity index is 1.32. The predicted octanol–water partition coefficient (Wildman–Crippen LogP) is -0.244. The zero-order valence-corrected chi connectivity index (χ0v) is 13.8. The molecule has 4 rings (SSSR count). The fourth-order valence-corrected chi connectivity index (χ4v) is 3.53. The minimum absolute atomic E-state index is 0.0617. The molecule has 0 spiro atoms. The van der Waals surface area contributed by atoms with Crippen molar-refractivity contribution < 1.29 is 9.59 Å². The first-order valence-corrected chi connectivity index (χ1v) is 8.92. The van der Waals surface area contributed by atoms with E-state index < -0.39 is 6.04 Å². The largest absolute Gasteiger partial charge is 0.354 e. The quantitative estimate of drug-likeness (QED) is 0.794. The van der Waals surface area contributed by atoms with Crippen molar-refractivity contribution in [2.75, 3.05) is 19.6 Å². The van der Waals surface area contributed by atoms with Crippen LogP contribution in [0.3, 0.4) is 0 Å². The average molecular weight is 332 g/mol. The van der Waals surface area contributed by atoms with E-state index in [4.69, 9.17) is 0 Å². The molecule has 2 amide bonds. The zero-order valence-electron chi connectivity index (χ0n) is 13.8. The molecule has 1 aliphatic carbocycles. The maximum Gasteiger partial charge on any atom is 0.242 e. The molecule has 2 fully saturated rings. The van der Waals surface area contributed by atoms with Gasteiger partial charge >= 0.3 is 0 Å². The second kappa shape index (κ2) is 6.51. The Morgan fingerprint density at radius 3 is 2.92 bits per heavy atom. The highest BCUT2D eigenvalue weighted by atomic mass is 16.2. The summed E-state index contributed by atoms with van der Waals surface area (Å²) in [7, 11) is 0. The summed E-state index contributed by atoms with van der Waals surface area (Å²) in [6, 6.07) is -0.394. The molecule has 1 atom stereocenters. The van der Waals surface area contributed by atoms with Crippen LogP contribution in [0.5, 0.6) is 0 Å². The van der Waals surface area contributed by atoms with E-state index in [1.165, 1.54) is 12.8 Å². The van der Waals surface area contributed by atoms with Crippen LogP contribution in [-0.2, 0) is 22.7 Å². The maximum atomic E-state index is 12.3. The minimum Gasteiger partial charge on any atom is -0.354 e. The van der Waals surface area contributed by atoms with Gasteiger partial charge in [0.15, 0.2) is 0 Å².